The van der Waals surface area contributed by atoms with E-state index in [2.05, 4.69) is 27.7 Å². The molecule has 0 aliphatic rings. The molecule has 0 aliphatic heterocycles. The first-order valence-corrected chi connectivity index (χ1v) is 22.4. The molecule has 0 saturated carbocycles. The highest BCUT2D eigenvalue weighted by Crippen LogP contribution is 2.16. The van der Waals surface area contributed by atoms with Crippen LogP contribution in [0.25, 0.3) is 0 Å². The van der Waals surface area contributed by atoms with Crippen molar-refractivity contribution in [3.8, 4) is 0 Å². The number of hydrogen-bond acceptors (Lipinski definition) is 6. The summed E-state index contributed by atoms with van der Waals surface area (Å²) in [7, 11) is 0. The Labute approximate surface area is 317 Å². The average molecular weight is 723 g/mol. The molecule has 0 aromatic rings. The van der Waals surface area contributed by atoms with Crippen LogP contribution in [-0.4, -0.2) is 37.2 Å². The monoisotopic (exact) mass is 723 g/mol. The lowest BCUT2D eigenvalue weighted by Gasteiger charge is -2.18. The van der Waals surface area contributed by atoms with Crippen molar-refractivity contribution in [1.82, 2.24) is 0 Å². The lowest BCUT2D eigenvalue weighted by atomic mass is 10.0. The lowest BCUT2D eigenvalue weighted by Crippen LogP contribution is -2.30. The first-order valence-electron chi connectivity index (χ1n) is 22.4. The summed E-state index contributed by atoms with van der Waals surface area (Å²) < 4.78 is 16.6. The molecule has 6 heteroatoms. The van der Waals surface area contributed by atoms with Crippen LogP contribution in [-0.2, 0) is 28.6 Å². The third kappa shape index (κ3) is 39.5. The second-order valence-electron chi connectivity index (χ2n) is 15.8. The van der Waals surface area contributed by atoms with E-state index < -0.39 is 6.10 Å². The van der Waals surface area contributed by atoms with Crippen molar-refractivity contribution in [2.75, 3.05) is 13.2 Å². The van der Waals surface area contributed by atoms with Crippen molar-refractivity contribution in [3.05, 3.63) is 0 Å². The largest absolute Gasteiger partial charge is 0.462 e. The normalized spacial score (nSPS) is 11.9. The Morgan fingerprint density at radius 1 is 0.373 bits per heavy atom. The highest BCUT2D eigenvalue weighted by atomic mass is 16.6. The summed E-state index contributed by atoms with van der Waals surface area (Å²) in [6, 6.07) is 0. The van der Waals surface area contributed by atoms with E-state index in [-0.39, 0.29) is 31.1 Å². The molecule has 0 spiro atoms. The molecule has 51 heavy (non-hydrogen) atoms. The molecule has 302 valence electrons. The highest BCUT2D eigenvalue weighted by Gasteiger charge is 2.19. The van der Waals surface area contributed by atoms with Gasteiger partial charge in [0.2, 0.25) is 0 Å². The number of carbonyl (C=O) groups is 3. The number of carbonyl (C=O) groups excluding carboxylic acids is 3. The van der Waals surface area contributed by atoms with Crippen LogP contribution in [0.2, 0.25) is 0 Å². The first-order chi connectivity index (χ1) is 24.9. The van der Waals surface area contributed by atoms with Gasteiger partial charge in [-0.3, -0.25) is 14.4 Å². The zero-order valence-electron chi connectivity index (χ0n) is 34.6. The fourth-order valence-corrected chi connectivity index (χ4v) is 6.63. The topological polar surface area (TPSA) is 78.9 Å². The summed E-state index contributed by atoms with van der Waals surface area (Å²) in [5, 5.41) is 0. The molecule has 0 heterocycles. The van der Waals surface area contributed by atoms with Crippen molar-refractivity contribution in [1.29, 1.82) is 0 Å². The molecule has 0 aliphatic carbocycles. The van der Waals surface area contributed by atoms with Crippen molar-refractivity contribution >= 4 is 17.9 Å². The maximum atomic E-state index is 12.6. The van der Waals surface area contributed by atoms with Gasteiger partial charge in [0.15, 0.2) is 6.10 Å². The van der Waals surface area contributed by atoms with Crippen LogP contribution in [0.1, 0.15) is 246 Å². The second-order valence-corrected chi connectivity index (χ2v) is 15.8. The molecule has 0 radical (unpaired) electrons. The molecule has 0 bridgehead atoms. The number of ether oxygens (including phenoxy) is 3. The molecule has 6 nitrogen and oxygen atoms in total. The molecular formula is C45H86O6. The molecule has 0 aromatic heterocycles. The van der Waals surface area contributed by atoms with Crippen LogP contribution >= 0.6 is 0 Å². The van der Waals surface area contributed by atoms with Gasteiger partial charge in [0.1, 0.15) is 13.2 Å². The standard InChI is InChI=1S/C45H86O6/c1-5-7-9-11-13-20-26-30-34-38-45(48)51-42(39-49-43(46)36-32-28-23-12-10-8-6-2)40-50-44(47)37-33-29-25-22-19-17-15-14-16-18-21-24-27-31-35-41(3)4/h41-42H,5-40H2,1-4H3/t42-/m1/s1. The average Bonchev–Trinajstić information content (AvgIpc) is 3.11. The Kier molecular flexibility index (Phi) is 38.4. The summed E-state index contributed by atoms with van der Waals surface area (Å²) in [5.41, 5.74) is 0. The summed E-state index contributed by atoms with van der Waals surface area (Å²) in [5.74, 6) is -0.0193. The Bertz CT molecular complexity index is 766. The van der Waals surface area contributed by atoms with E-state index in [0.29, 0.717) is 19.3 Å². The smallest absolute Gasteiger partial charge is 0.306 e. The summed E-state index contributed by atoms with van der Waals surface area (Å²) in [4.78, 5) is 37.5. The molecule has 0 rings (SSSR count). The van der Waals surface area contributed by atoms with Gasteiger partial charge < -0.3 is 14.2 Å². The molecule has 0 unspecified atom stereocenters. The van der Waals surface area contributed by atoms with E-state index in [1.807, 2.05) is 0 Å². The minimum Gasteiger partial charge on any atom is -0.462 e. The Morgan fingerprint density at radius 2 is 0.647 bits per heavy atom. The molecule has 1 atom stereocenters. The number of hydrogen-bond donors (Lipinski definition) is 0. The SMILES string of the molecule is CCCCCCCCCCCC(=O)O[C@H](COC(=O)CCCCCCCCC)COC(=O)CCCCCCCCCCCCCCCCC(C)C. The Morgan fingerprint density at radius 3 is 0.961 bits per heavy atom. The van der Waals surface area contributed by atoms with E-state index in [9.17, 15) is 14.4 Å². The van der Waals surface area contributed by atoms with Gasteiger partial charge in [-0.05, 0) is 25.2 Å². The van der Waals surface area contributed by atoms with Crippen molar-refractivity contribution < 1.29 is 28.6 Å². The molecule has 0 saturated heterocycles. The fraction of sp³-hybridized carbons (Fsp3) is 0.933. The van der Waals surface area contributed by atoms with Gasteiger partial charge in [-0.15, -0.1) is 0 Å². The minimum atomic E-state index is -0.757. The zero-order valence-corrected chi connectivity index (χ0v) is 34.6. The number of esters is 3. The van der Waals surface area contributed by atoms with Gasteiger partial charge in [-0.1, -0.05) is 207 Å². The third-order valence-electron chi connectivity index (χ3n) is 10.0. The predicted octanol–water partition coefficient (Wildman–Crippen LogP) is 13.9. The highest BCUT2D eigenvalue weighted by molar-refractivity contribution is 5.71. The Hall–Kier alpha value is -1.59. The summed E-state index contributed by atoms with van der Waals surface area (Å²) >= 11 is 0. The van der Waals surface area contributed by atoms with Crippen molar-refractivity contribution in [3.63, 3.8) is 0 Å². The quantitative estimate of drug-likeness (QED) is 0.0356. The van der Waals surface area contributed by atoms with Crippen LogP contribution in [0.5, 0.6) is 0 Å². The van der Waals surface area contributed by atoms with Gasteiger partial charge in [0.05, 0.1) is 0 Å². The van der Waals surface area contributed by atoms with E-state index in [0.717, 1.165) is 63.7 Å². The molecule has 0 N–H and O–H groups in total. The lowest BCUT2D eigenvalue weighted by molar-refractivity contribution is -0.167. The zero-order chi connectivity index (χ0) is 37.5. The predicted molar refractivity (Wildman–Crippen MR) is 215 cm³/mol. The summed E-state index contributed by atoms with van der Waals surface area (Å²) in [6.07, 6.45) is 38.1. The van der Waals surface area contributed by atoms with E-state index in [1.54, 1.807) is 0 Å². The van der Waals surface area contributed by atoms with Gasteiger partial charge in [0, 0.05) is 19.3 Å². The van der Waals surface area contributed by atoms with Crippen molar-refractivity contribution in [2.24, 2.45) is 5.92 Å². The molecule has 0 aromatic carbocycles. The number of rotatable bonds is 40. The second kappa shape index (κ2) is 39.6. The van der Waals surface area contributed by atoms with Gasteiger partial charge in [-0.2, -0.15) is 0 Å². The van der Waals surface area contributed by atoms with Crippen LogP contribution in [0.3, 0.4) is 0 Å². The van der Waals surface area contributed by atoms with E-state index in [1.165, 1.54) is 141 Å². The van der Waals surface area contributed by atoms with Crippen LogP contribution in [0.15, 0.2) is 0 Å². The Balaban J connectivity index is 4.18. The van der Waals surface area contributed by atoms with E-state index >= 15 is 0 Å². The first kappa shape index (κ1) is 49.4. The minimum absolute atomic E-state index is 0.0643. The molecule has 0 amide bonds. The summed E-state index contributed by atoms with van der Waals surface area (Å²) in [6.45, 7) is 8.95. The van der Waals surface area contributed by atoms with Gasteiger partial charge in [0.25, 0.3) is 0 Å². The van der Waals surface area contributed by atoms with Crippen LogP contribution in [0.4, 0.5) is 0 Å². The maximum absolute atomic E-state index is 12.6. The fourth-order valence-electron chi connectivity index (χ4n) is 6.63. The number of unbranched alkanes of at least 4 members (excludes halogenated alkanes) is 27. The van der Waals surface area contributed by atoms with Crippen LogP contribution < -0.4 is 0 Å². The molecular weight excluding hydrogens is 636 g/mol. The van der Waals surface area contributed by atoms with E-state index in [4.69, 9.17) is 14.2 Å². The third-order valence-corrected chi connectivity index (χ3v) is 10.0. The van der Waals surface area contributed by atoms with Crippen LogP contribution in [0, 0.1) is 5.92 Å². The van der Waals surface area contributed by atoms with Gasteiger partial charge >= 0.3 is 17.9 Å². The maximum Gasteiger partial charge on any atom is 0.306 e. The van der Waals surface area contributed by atoms with Crippen molar-refractivity contribution in [2.45, 2.75) is 252 Å². The van der Waals surface area contributed by atoms with Gasteiger partial charge in [-0.25, -0.2) is 0 Å². The molecule has 0 fully saturated rings.